The van der Waals surface area contributed by atoms with Gasteiger partial charge in [0.2, 0.25) is 0 Å². The maximum absolute atomic E-state index is 11.8. The van der Waals surface area contributed by atoms with E-state index >= 15 is 0 Å². The molecule has 0 aliphatic carbocycles. The monoisotopic (exact) mass is 321 g/mol. The van der Waals surface area contributed by atoms with Gasteiger partial charge < -0.3 is 5.32 Å². The van der Waals surface area contributed by atoms with Crippen LogP contribution in [-0.2, 0) is 0 Å². The molecule has 1 rings (SSSR count). The SMILES string of the molecule is CSC(C)CNC(=O)c1cc(Cl)cc(Br)c1. The molecule has 0 aliphatic heterocycles. The first-order chi connectivity index (χ1) is 7.52. The van der Waals surface area contributed by atoms with Crippen LogP contribution in [0.1, 0.15) is 17.3 Å². The summed E-state index contributed by atoms with van der Waals surface area (Å²) in [6.45, 7) is 2.73. The quantitative estimate of drug-likeness (QED) is 0.918. The highest BCUT2D eigenvalue weighted by molar-refractivity contribution is 9.10. The minimum atomic E-state index is -0.0934. The van der Waals surface area contributed by atoms with Gasteiger partial charge in [-0.1, -0.05) is 34.5 Å². The highest BCUT2D eigenvalue weighted by Crippen LogP contribution is 2.19. The van der Waals surface area contributed by atoms with Crippen molar-refractivity contribution in [2.45, 2.75) is 12.2 Å². The molecule has 0 aromatic heterocycles. The summed E-state index contributed by atoms with van der Waals surface area (Å²) in [7, 11) is 0. The van der Waals surface area contributed by atoms with Crippen LogP contribution in [0.2, 0.25) is 5.02 Å². The second kappa shape index (κ2) is 6.52. The third kappa shape index (κ3) is 4.36. The standard InChI is InChI=1S/C11H13BrClNOS/c1-7(16-2)6-14-11(15)8-3-9(12)5-10(13)4-8/h3-5,7H,6H2,1-2H3,(H,14,15). The molecular weight excluding hydrogens is 310 g/mol. The number of amides is 1. The predicted octanol–water partition coefficient (Wildman–Crippen LogP) is 3.58. The Hall–Kier alpha value is -0.190. The number of benzene rings is 1. The van der Waals surface area contributed by atoms with Crippen LogP contribution in [0.3, 0.4) is 0 Å². The van der Waals surface area contributed by atoms with Crippen LogP contribution in [0, 0.1) is 0 Å². The Morgan fingerprint density at radius 2 is 2.25 bits per heavy atom. The molecule has 16 heavy (non-hydrogen) atoms. The number of rotatable bonds is 4. The molecule has 1 N–H and O–H groups in total. The molecule has 0 saturated heterocycles. The van der Waals surface area contributed by atoms with Gasteiger partial charge in [-0.05, 0) is 24.5 Å². The van der Waals surface area contributed by atoms with Gasteiger partial charge >= 0.3 is 0 Å². The van der Waals surface area contributed by atoms with Gasteiger partial charge in [0, 0.05) is 26.9 Å². The highest BCUT2D eigenvalue weighted by atomic mass is 79.9. The first-order valence-electron chi connectivity index (χ1n) is 4.80. The van der Waals surface area contributed by atoms with Crippen LogP contribution < -0.4 is 5.32 Å². The van der Waals surface area contributed by atoms with E-state index in [4.69, 9.17) is 11.6 Å². The van der Waals surface area contributed by atoms with E-state index in [-0.39, 0.29) is 5.91 Å². The first kappa shape index (κ1) is 13.9. The molecule has 1 unspecified atom stereocenters. The van der Waals surface area contributed by atoms with Gasteiger partial charge in [-0.2, -0.15) is 11.8 Å². The third-order valence-corrected chi connectivity index (χ3v) is 3.72. The molecule has 0 aliphatic rings. The molecule has 0 radical (unpaired) electrons. The average molecular weight is 323 g/mol. The molecule has 0 heterocycles. The normalized spacial score (nSPS) is 12.2. The van der Waals surface area contributed by atoms with Gasteiger partial charge in [0.15, 0.2) is 0 Å². The van der Waals surface area contributed by atoms with Crippen LogP contribution in [-0.4, -0.2) is 24.0 Å². The number of carbonyl (C=O) groups excluding carboxylic acids is 1. The van der Waals surface area contributed by atoms with Crippen molar-refractivity contribution in [3.63, 3.8) is 0 Å². The Bertz CT molecular complexity index is 366. The van der Waals surface area contributed by atoms with Gasteiger partial charge in [-0.15, -0.1) is 0 Å². The van der Waals surface area contributed by atoms with Crippen molar-refractivity contribution in [3.05, 3.63) is 33.3 Å². The molecule has 0 bridgehead atoms. The van der Waals surface area contributed by atoms with E-state index in [1.807, 2.05) is 6.26 Å². The number of carbonyl (C=O) groups is 1. The molecule has 0 saturated carbocycles. The maximum Gasteiger partial charge on any atom is 0.251 e. The first-order valence-corrected chi connectivity index (χ1v) is 7.26. The summed E-state index contributed by atoms with van der Waals surface area (Å²) < 4.78 is 0.808. The van der Waals surface area contributed by atoms with E-state index < -0.39 is 0 Å². The summed E-state index contributed by atoms with van der Waals surface area (Å²) in [5, 5.41) is 3.83. The Morgan fingerprint density at radius 1 is 1.56 bits per heavy atom. The predicted molar refractivity (Wildman–Crippen MR) is 74.5 cm³/mol. The molecular formula is C11H13BrClNOS. The topological polar surface area (TPSA) is 29.1 Å². The summed E-state index contributed by atoms with van der Waals surface area (Å²) in [6.07, 6.45) is 2.02. The summed E-state index contributed by atoms with van der Waals surface area (Å²) in [5.41, 5.74) is 0.577. The lowest BCUT2D eigenvalue weighted by Gasteiger charge is -2.10. The zero-order valence-electron chi connectivity index (χ0n) is 9.09. The van der Waals surface area contributed by atoms with Crippen LogP contribution >= 0.6 is 39.3 Å². The van der Waals surface area contributed by atoms with Gasteiger partial charge in [-0.3, -0.25) is 4.79 Å². The maximum atomic E-state index is 11.8. The minimum Gasteiger partial charge on any atom is -0.351 e. The second-order valence-electron chi connectivity index (χ2n) is 3.41. The van der Waals surface area contributed by atoms with Crippen molar-refractivity contribution in [1.82, 2.24) is 5.32 Å². The van der Waals surface area contributed by atoms with Crippen molar-refractivity contribution >= 4 is 45.2 Å². The van der Waals surface area contributed by atoms with Crippen molar-refractivity contribution in [1.29, 1.82) is 0 Å². The van der Waals surface area contributed by atoms with Gasteiger partial charge in [0.1, 0.15) is 0 Å². The van der Waals surface area contributed by atoms with Crippen LogP contribution in [0.15, 0.2) is 22.7 Å². The molecule has 2 nitrogen and oxygen atoms in total. The zero-order valence-corrected chi connectivity index (χ0v) is 12.2. The van der Waals surface area contributed by atoms with Gasteiger partial charge in [-0.25, -0.2) is 0 Å². The number of halogens is 2. The average Bonchev–Trinajstić information content (AvgIpc) is 2.23. The molecule has 1 atom stereocenters. The van der Waals surface area contributed by atoms with Crippen LogP contribution in [0.5, 0.6) is 0 Å². The van der Waals surface area contributed by atoms with Crippen molar-refractivity contribution < 1.29 is 4.79 Å². The number of hydrogen-bond donors (Lipinski definition) is 1. The Labute approximate surface area is 113 Å². The van der Waals surface area contributed by atoms with E-state index in [9.17, 15) is 4.79 Å². The van der Waals surface area contributed by atoms with E-state index in [2.05, 4.69) is 28.2 Å². The van der Waals surface area contributed by atoms with E-state index in [0.717, 1.165) is 4.47 Å². The smallest absolute Gasteiger partial charge is 0.251 e. The summed E-state index contributed by atoms with van der Waals surface area (Å²) in [5.74, 6) is -0.0934. The van der Waals surface area contributed by atoms with E-state index in [1.54, 1.807) is 30.0 Å². The highest BCUT2D eigenvalue weighted by Gasteiger charge is 2.08. The number of hydrogen-bond acceptors (Lipinski definition) is 2. The fraction of sp³-hybridized carbons (Fsp3) is 0.364. The second-order valence-corrected chi connectivity index (χ2v) is 6.04. The Balaban J connectivity index is 2.66. The van der Waals surface area contributed by atoms with Crippen LogP contribution in [0.25, 0.3) is 0 Å². The zero-order chi connectivity index (χ0) is 12.1. The summed E-state index contributed by atoms with van der Waals surface area (Å²) >= 11 is 10.9. The van der Waals surface area contributed by atoms with Crippen molar-refractivity contribution in [3.8, 4) is 0 Å². The molecule has 1 aromatic carbocycles. The number of thioether (sulfide) groups is 1. The lowest BCUT2D eigenvalue weighted by molar-refractivity contribution is 0.0954. The molecule has 88 valence electrons. The lowest BCUT2D eigenvalue weighted by atomic mass is 10.2. The van der Waals surface area contributed by atoms with Crippen LogP contribution in [0.4, 0.5) is 0 Å². The fourth-order valence-corrected chi connectivity index (χ4v) is 2.22. The summed E-state index contributed by atoms with van der Waals surface area (Å²) in [6, 6.07) is 5.17. The molecule has 5 heteroatoms. The Morgan fingerprint density at radius 3 is 2.81 bits per heavy atom. The van der Waals surface area contributed by atoms with Gasteiger partial charge in [0.25, 0.3) is 5.91 Å². The number of nitrogens with one attached hydrogen (secondary N) is 1. The van der Waals surface area contributed by atoms with Crippen molar-refractivity contribution in [2.24, 2.45) is 0 Å². The molecule has 0 spiro atoms. The fourth-order valence-electron chi connectivity index (χ4n) is 1.11. The molecule has 0 fully saturated rings. The lowest BCUT2D eigenvalue weighted by Crippen LogP contribution is -2.29. The van der Waals surface area contributed by atoms with E-state index in [1.165, 1.54) is 0 Å². The van der Waals surface area contributed by atoms with Gasteiger partial charge in [0.05, 0.1) is 0 Å². The summed E-state index contributed by atoms with van der Waals surface area (Å²) in [4.78, 5) is 11.8. The molecule has 1 aromatic rings. The third-order valence-electron chi connectivity index (χ3n) is 2.08. The van der Waals surface area contributed by atoms with Crippen molar-refractivity contribution in [2.75, 3.05) is 12.8 Å². The Kier molecular flexibility index (Phi) is 5.66. The molecule has 1 amide bonds. The largest absolute Gasteiger partial charge is 0.351 e. The minimum absolute atomic E-state index is 0.0934. The van der Waals surface area contributed by atoms with E-state index in [0.29, 0.717) is 22.4 Å².